The molecule has 2 unspecified atom stereocenters. The number of nitrogens with one attached hydrogen (secondary N) is 2. The summed E-state index contributed by atoms with van der Waals surface area (Å²) in [5, 5.41) is 10.0. The summed E-state index contributed by atoms with van der Waals surface area (Å²) < 4.78 is 11.0. The molecule has 188 valence electrons. The zero-order valence-electron chi connectivity index (χ0n) is 20.2. The average Bonchev–Trinajstić information content (AvgIpc) is 3.61. The van der Waals surface area contributed by atoms with Crippen LogP contribution in [0, 0.1) is 5.92 Å². The van der Waals surface area contributed by atoms with Gasteiger partial charge in [0.25, 0.3) is 5.91 Å². The second-order valence-electron chi connectivity index (χ2n) is 9.33. The number of carbonyl (C=O) groups excluding carboxylic acids is 2. The van der Waals surface area contributed by atoms with Crippen LogP contribution in [0.5, 0.6) is 0 Å². The summed E-state index contributed by atoms with van der Waals surface area (Å²) in [6, 6.07) is 16.8. The van der Waals surface area contributed by atoms with Crippen LogP contribution in [0.25, 0.3) is 11.4 Å². The van der Waals surface area contributed by atoms with E-state index in [0.717, 1.165) is 44.4 Å². The van der Waals surface area contributed by atoms with E-state index >= 15 is 0 Å². The second-order valence-corrected chi connectivity index (χ2v) is 9.33. The van der Waals surface area contributed by atoms with E-state index in [1.165, 1.54) is 0 Å². The molecule has 2 saturated heterocycles. The highest BCUT2D eigenvalue weighted by Gasteiger charge is 2.28. The van der Waals surface area contributed by atoms with E-state index in [0.29, 0.717) is 42.6 Å². The molecule has 2 aromatic carbocycles. The Labute approximate surface area is 210 Å². The molecule has 5 rings (SSSR count). The van der Waals surface area contributed by atoms with Gasteiger partial charge in [0.15, 0.2) is 0 Å². The first-order valence-electron chi connectivity index (χ1n) is 12.6. The van der Waals surface area contributed by atoms with Crippen LogP contribution in [-0.2, 0) is 16.1 Å². The molecule has 0 bridgehead atoms. The number of para-hydroxylation sites is 1. The SMILES string of the molecule is O=C(NCC1CCCO1)c1ccccc1NC(=O)C1CCCN(Cc2nc(-c3ccccc3)no2)C1. The molecule has 2 amide bonds. The Morgan fingerprint density at radius 2 is 1.86 bits per heavy atom. The van der Waals surface area contributed by atoms with Gasteiger partial charge in [-0.25, -0.2) is 0 Å². The van der Waals surface area contributed by atoms with Crippen LogP contribution in [0.4, 0.5) is 5.69 Å². The van der Waals surface area contributed by atoms with Gasteiger partial charge in [-0.05, 0) is 44.4 Å². The quantitative estimate of drug-likeness (QED) is 0.498. The molecule has 9 heteroatoms. The number of likely N-dealkylation sites (tertiary alicyclic amines) is 1. The summed E-state index contributed by atoms with van der Waals surface area (Å²) >= 11 is 0. The molecule has 36 heavy (non-hydrogen) atoms. The van der Waals surface area contributed by atoms with E-state index in [1.807, 2.05) is 36.4 Å². The van der Waals surface area contributed by atoms with Crippen molar-refractivity contribution in [2.45, 2.75) is 38.3 Å². The number of piperidine rings is 1. The van der Waals surface area contributed by atoms with Crippen molar-refractivity contribution in [1.29, 1.82) is 0 Å². The Morgan fingerprint density at radius 3 is 2.69 bits per heavy atom. The molecule has 2 atom stereocenters. The average molecular weight is 490 g/mol. The van der Waals surface area contributed by atoms with Crippen LogP contribution >= 0.6 is 0 Å². The highest BCUT2D eigenvalue weighted by Crippen LogP contribution is 2.23. The van der Waals surface area contributed by atoms with Gasteiger partial charge in [-0.15, -0.1) is 0 Å². The van der Waals surface area contributed by atoms with Crippen LogP contribution in [0.1, 0.15) is 41.9 Å². The number of amides is 2. The first kappa shape index (κ1) is 24.1. The number of hydrogen-bond acceptors (Lipinski definition) is 7. The number of hydrogen-bond donors (Lipinski definition) is 2. The lowest BCUT2D eigenvalue weighted by Gasteiger charge is -2.31. The molecule has 1 aromatic heterocycles. The molecule has 3 aromatic rings. The first-order valence-corrected chi connectivity index (χ1v) is 12.6. The molecule has 2 aliphatic heterocycles. The molecule has 2 fully saturated rings. The maximum absolute atomic E-state index is 13.2. The van der Waals surface area contributed by atoms with Crippen molar-refractivity contribution in [3.63, 3.8) is 0 Å². The maximum atomic E-state index is 13.2. The van der Waals surface area contributed by atoms with Gasteiger partial charge in [-0.2, -0.15) is 4.98 Å². The van der Waals surface area contributed by atoms with Gasteiger partial charge in [-0.3, -0.25) is 14.5 Å². The van der Waals surface area contributed by atoms with Crippen molar-refractivity contribution >= 4 is 17.5 Å². The fourth-order valence-corrected chi connectivity index (χ4v) is 4.76. The highest BCUT2D eigenvalue weighted by molar-refractivity contribution is 6.04. The Morgan fingerprint density at radius 1 is 1.03 bits per heavy atom. The highest BCUT2D eigenvalue weighted by atomic mass is 16.5. The van der Waals surface area contributed by atoms with Crippen LogP contribution in [-0.4, -0.2) is 59.2 Å². The second kappa shape index (κ2) is 11.5. The lowest BCUT2D eigenvalue weighted by Crippen LogP contribution is -2.40. The number of benzene rings is 2. The number of ether oxygens (including phenoxy) is 1. The Bertz CT molecular complexity index is 1180. The standard InChI is InChI=1S/C27H31N5O4/c33-26(29-23-13-5-4-12-22(23)27(34)28-16-21-11-7-15-35-21)20-10-6-14-32(17-20)18-24-30-25(31-36-24)19-8-2-1-3-9-19/h1-5,8-9,12-13,20-21H,6-7,10-11,14-18H2,(H,28,34)(H,29,33). The van der Waals surface area contributed by atoms with Crippen LogP contribution < -0.4 is 10.6 Å². The van der Waals surface area contributed by atoms with Gasteiger partial charge < -0.3 is 19.9 Å². The Hall–Kier alpha value is -3.56. The van der Waals surface area contributed by atoms with Crippen LogP contribution in [0.2, 0.25) is 0 Å². The molecule has 0 aliphatic carbocycles. The summed E-state index contributed by atoms with van der Waals surface area (Å²) in [7, 11) is 0. The third kappa shape index (κ3) is 5.98. The molecule has 0 radical (unpaired) electrons. The molecule has 2 aliphatic rings. The van der Waals surface area contributed by atoms with Crippen molar-refractivity contribution in [3.8, 4) is 11.4 Å². The van der Waals surface area contributed by atoms with E-state index < -0.39 is 0 Å². The lowest BCUT2D eigenvalue weighted by atomic mass is 9.96. The fraction of sp³-hybridized carbons (Fsp3) is 0.407. The molecule has 0 spiro atoms. The minimum absolute atomic E-state index is 0.0616. The van der Waals surface area contributed by atoms with E-state index in [4.69, 9.17) is 9.26 Å². The minimum Gasteiger partial charge on any atom is -0.376 e. The fourth-order valence-electron chi connectivity index (χ4n) is 4.76. The number of nitrogens with zero attached hydrogens (tertiary/aromatic N) is 3. The molecular weight excluding hydrogens is 458 g/mol. The van der Waals surface area contributed by atoms with Gasteiger partial charge in [0.2, 0.25) is 17.6 Å². The van der Waals surface area contributed by atoms with Crippen molar-refractivity contribution in [2.24, 2.45) is 5.92 Å². The summed E-state index contributed by atoms with van der Waals surface area (Å²) in [6.07, 6.45) is 3.71. The van der Waals surface area contributed by atoms with Crippen molar-refractivity contribution < 1.29 is 18.8 Å². The predicted molar refractivity (Wildman–Crippen MR) is 134 cm³/mol. The molecular formula is C27H31N5O4. The Kier molecular flexibility index (Phi) is 7.68. The lowest BCUT2D eigenvalue weighted by molar-refractivity contribution is -0.121. The molecule has 0 saturated carbocycles. The smallest absolute Gasteiger partial charge is 0.253 e. The zero-order valence-corrected chi connectivity index (χ0v) is 20.2. The first-order chi connectivity index (χ1) is 17.7. The van der Waals surface area contributed by atoms with Crippen LogP contribution in [0.3, 0.4) is 0 Å². The third-order valence-electron chi connectivity index (χ3n) is 6.68. The van der Waals surface area contributed by atoms with E-state index in [2.05, 4.69) is 25.7 Å². The zero-order chi connectivity index (χ0) is 24.7. The van der Waals surface area contributed by atoms with E-state index in [9.17, 15) is 9.59 Å². The minimum atomic E-state index is -0.211. The number of anilines is 1. The van der Waals surface area contributed by atoms with Crippen molar-refractivity contribution in [3.05, 3.63) is 66.1 Å². The van der Waals surface area contributed by atoms with Gasteiger partial charge >= 0.3 is 0 Å². The monoisotopic (exact) mass is 489 g/mol. The van der Waals surface area contributed by atoms with Gasteiger partial charge in [-0.1, -0.05) is 47.6 Å². The number of rotatable bonds is 8. The maximum Gasteiger partial charge on any atom is 0.253 e. The van der Waals surface area contributed by atoms with Crippen molar-refractivity contribution in [1.82, 2.24) is 20.4 Å². The Balaban J connectivity index is 1.17. The number of carbonyl (C=O) groups is 2. The van der Waals surface area contributed by atoms with E-state index in [-0.39, 0.29) is 23.8 Å². The van der Waals surface area contributed by atoms with Gasteiger partial charge in [0.1, 0.15) is 0 Å². The summed E-state index contributed by atoms with van der Waals surface area (Å²) in [6.45, 7) is 3.15. The van der Waals surface area contributed by atoms with Crippen LogP contribution in [0.15, 0.2) is 59.1 Å². The number of aromatic nitrogens is 2. The summed E-state index contributed by atoms with van der Waals surface area (Å²) in [5.41, 5.74) is 1.88. The topological polar surface area (TPSA) is 110 Å². The normalized spacial score (nSPS) is 20.2. The third-order valence-corrected chi connectivity index (χ3v) is 6.68. The van der Waals surface area contributed by atoms with Crippen molar-refractivity contribution in [2.75, 3.05) is 31.6 Å². The largest absolute Gasteiger partial charge is 0.376 e. The summed E-state index contributed by atoms with van der Waals surface area (Å²) in [4.78, 5) is 32.6. The predicted octanol–water partition coefficient (Wildman–Crippen LogP) is 3.50. The molecule has 3 heterocycles. The molecule has 2 N–H and O–H groups in total. The van der Waals surface area contributed by atoms with E-state index in [1.54, 1.807) is 18.2 Å². The van der Waals surface area contributed by atoms with Gasteiger partial charge in [0, 0.05) is 25.3 Å². The van der Waals surface area contributed by atoms with Gasteiger partial charge in [0.05, 0.1) is 29.8 Å². The molecule has 9 nitrogen and oxygen atoms in total. The summed E-state index contributed by atoms with van der Waals surface area (Å²) in [5.74, 6) is 0.597.